The van der Waals surface area contributed by atoms with Crippen molar-refractivity contribution in [3.63, 3.8) is 0 Å². The van der Waals surface area contributed by atoms with Crippen LogP contribution < -0.4 is 5.73 Å². The Bertz CT molecular complexity index is 365. The van der Waals surface area contributed by atoms with Gasteiger partial charge in [-0.05, 0) is 24.4 Å². The molecule has 0 aliphatic carbocycles. The van der Waals surface area contributed by atoms with Crippen molar-refractivity contribution in [1.29, 1.82) is 0 Å². The van der Waals surface area contributed by atoms with E-state index in [1.54, 1.807) is 4.90 Å². The van der Waals surface area contributed by atoms with Crippen LogP contribution in [0.2, 0.25) is 0 Å². The topological polar surface area (TPSA) is 72.1 Å². The third-order valence-electron chi connectivity index (χ3n) is 2.60. The number of carbonyl (C=O) groups is 1. The highest BCUT2D eigenvalue weighted by atomic mass is 32.1. The van der Waals surface area contributed by atoms with Gasteiger partial charge in [0.05, 0.1) is 5.69 Å². The summed E-state index contributed by atoms with van der Waals surface area (Å²) in [5.41, 5.74) is 6.56. The molecule has 0 spiro atoms. The fourth-order valence-corrected chi connectivity index (χ4v) is 2.44. The second-order valence-corrected chi connectivity index (χ2v) is 4.46. The van der Waals surface area contributed by atoms with Gasteiger partial charge in [-0.1, -0.05) is 11.4 Å². The molecule has 2 N–H and O–H groups in total. The monoisotopic (exact) mass is 226 g/mol. The van der Waals surface area contributed by atoms with E-state index in [0.717, 1.165) is 25.1 Å². The van der Waals surface area contributed by atoms with Crippen LogP contribution in [0.3, 0.4) is 0 Å². The van der Waals surface area contributed by atoms with E-state index in [1.165, 1.54) is 11.5 Å². The normalized spacial score (nSPS) is 20.9. The Morgan fingerprint density at radius 3 is 3.13 bits per heavy atom. The van der Waals surface area contributed by atoms with Gasteiger partial charge in [-0.3, -0.25) is 4.79 Å². The van der Waals surface area contributed by atoms with Crippen LogP contribution in [0.4, 0.5) is 0 Å². The zero-order valence-corrected chi connectivity index (χ0v) is 9.46. The van der Waals surface area contributed by atoms with E-state index in [0.29, 0.717) is 11.4 Å². The van der Waals surface area contributed by atoms with E-state index in [1.807, 2.05) is 6.92 Å². The summed E-state index contributed by atoms with van der Waals surface area (Å²) in [4.78, 5) is 14.5. The molecule has 1 amide bonds. The first-order chi connectivity index (χ1) is 7.22. The molecule has 1 saturated heterocycles. The van der Waals surface area contributed by atoms with Crippen LogP contribution in [0, 0.1) is 0 Å². The number of nitrogens with zero attached hydrogens (tertiary/aromatic N) is 3. The number of hydrogen-bond acceptors (Lipinski definition) is 5. The Hall–Kier alpha value is -1.01. The largest absolute Gasteiger partial charge is 0.336 e. The molecule has 0 bridgehead atoms. The highest BCUT2D eigenvalue weighted by Crippen LogP contribution is 2.17. The quantitative estimate of drug-likeness (QED) is 0.786. The van der Waals surface area contributed by atoms with E-state index in [9.17, 15) is 4.79 Å². The minimum Gasteiger partial charge on any atom is -0.336 e. The summed E-state index contributed by atoms with van der Waals surface area (Å²) in [7, 11) is 0. The third kappa shape index (κ3) is 2.00. The number of rotatable bonds is 2. The lowest BCUT2D eigenvalue weighted by molar-refractivity contribution is 0.0794. The molecule has 2 heterocycles. The molecule has 0 aromatic carbocycles. The number of hydrogen-bond donors (Lipinski definition) is 1. The summed E-state index contributed by atoms with van der Waals surface area (Å²) in [5.74, 6) is 0.0369. The van der Waals surface area contributed by atoms with E-state index < -0.39 is 0 Å². The zero-order valence-electron chi connectivity index (χ0n) is 8.64. The second kappa shape index (κ2) is 4.24. The van der Waals surface area contributed by atoms with Crippen LogP contribution >= 0.6 is 11.5 Å². The molecule has 1 atom stereocenters. The maximum atomic E-state index is 12.0. The summed E-state index contributed by atoms with van der Waals surface area (Å²) < 4.78 is 3.82. The molecule has 2 rings (SSSR count). The molecular weight excluding hydrogens is 212 g/mol. The van der Waals surface area contributed by atoms with Crippen LogP contribution in [0.5, 0.6) is 0 Å². The molecule has 1 fully saturated rings. The standard InChI is InChI=1S/C9H14N4OS/c1-2-7-8(15-12-11-7)9(14)13-4-3-6(10)5-13/h6H,2-5,10H2,1H3/t6-/m1/s1. The number of aryl methyl sites for hydroxylation is 1. The van der Waals surface area contributed by atoms with Crippen molar-refractivity contribution >= 4 is 17.4 Å². The first-order valence-electron chi connectivity index (χ1n) is 5.08. The Labute approximate surface area is 92.4 Å². The Kier molecular flexibility index (Phi) is 2.97. The van der Waals surface area contributed by atoms with Crippen molar-refractivity contribution in [2.45, 2.75) is 25.8 Å². The molecule has 15 heavy (non-hydrogen) atoms. The van der Waals surface area contributed by atoms with Gasteiger partial charge < -0.3 is 10.6 Å². The molecule has 0 radical (unpaired) electrons. The summed E-state index contributed by atoms with van der Waals surface area (Å²) in [6, 6.07) is 0.125. The van der Waals surface area contributed by atoms with Crippen molar-refractivity contribution in [2.75, 3.05) is 13.1 Å². The van der Waals surface area contributed by atoms with E-state index >= 15 is 0 Å². The van der Waals surface area contributed by atoms with Crippen LogP contribution in [0.25, 0.3) is 0 Å². The van der Waals surface area contributed by atoms with E-state index in [-0.39, 0.29) is 11.9 Å². The maximum absolute atomic E-state index is 12.0. The Balaban J connectivity index is 2.14. The molecule has 1 aliphatic heterocycles. The van der Waals surface area contributed by atoms with Crippen molar-refractivity contribution < 1.29 is 4.79 Å². The highest BCUT2D eigenvalue weighted by molar-refractivity contribution is 7.08. The molecule has 0 saturated carbocycles. The predicted molar refractivity (Wildman–Crippen MR) is 57.8 cm³/mol. The summed E-state index contributed by atoms with van der Waals surface area (Å²) in [6.45, 7) is 3.38. The van der Waals surface area contributed by atoms with Crippen molar-refractivity contribution in [3.8, 4) is 0 Å². The van der Waals surface area contributed by atoms with Gasteiger partial charge >= 0.3 is 0 Å². The third-order valence-corrected chi connectivity index (χ3v) is 3.35. The minimum absolute atomic E-state index is 0.0369. The van der Waals surface area contributed by atoms with Crippen LogP contribution in [-0.4, -0.2) is 39.5 Å². The van der Waals surface area contributed by atoms with E-state index in [4.69, 9.17) is 5.73 Å². The number of likely N-dealkylation sites (tertiary alicyclic amines) is 1. The summed E-state index contributed by atoms with van der Waals surface area (Å²) in [6.07, 6.45) is 1.64. The summed E-state index contributed by atoms with van der Waals surface area (Å²) in [5, 5.41) is 3.94. The van der Waals surface area contributed by atoms with E-state index in [2.05, 4.69) is 9.59 Å². The van der Waals surface area contributed by atoms with Crippen LogP contribution in [0.15, 0.2) is 0 Å². The molecule has 0 unspecified atom stereocenters. The maximum Gasteiger partial charge on any atom is 0.267 e. The van der Waals surface area contributed by atoms with Gasteiger partial charge in [0, 0.05) is 19.1 Å². The first-order valence-corrected chi connectivity index (χ1v) is 5.85. The molecule has 82 valence electrons. The number of nitrogens with two attached hydrogens (primary N) is 1. The predicted octanol–water partition coefficient (Wildman–Crippen LogP) is 0.274. The van der Waals surface area contributed by atoms with Gasteiger partial charge in [-0.15, -0.1) is 5.10 Å². The Morgan fingerprint density at radius 2 is 2.53 bits per heavy atom. The fourth-order valence-electron chi connectivity index (χ4n) is 1.72. The van der Waals surface area contributed by atoms with Crippen molar-refractivity contribution in [1.82, 2.24) is 14.5 Å². The lowest BCUT2D eigenvalue weighted by Gasteiger charge is -2.14. The number of amides is 1. The number of aromatic nitrogens is 2. The van der Waals surface area contributed by atoms with Crippen LogP contribution in [-0.2, 0) is 6.42 Å². The van der Waals surface area contributed by atoms with Gasteiger partial charge in [-0.2, -0.15) is 0 Å². The first kappa shape index (κ1) is 10.5. The van der Waals surface area contributed by atoms with Crippen molar-refractivity contribution in [3.05, 3.63) is 10.6 Å². The van der Waals surface area contributed by atoms with Gasteiger partial charge in [-0.25, -0.2) is 0 Å². The van der Waals surface area contributed by atoms with Gasteiger partial charge in [0.1, 0.15) is 4.88 Å². The van der Waals surface area contributed by atoms with Crippen LogP contribution in [0.1, 0.15) is 28.7 Å². The molecule has 1 aliphatic rings. The molecule has 1 aromatic heterocycles. The molecule has 6 heteroatoms. The van der Waals surface area contributed by atoms with Crippen molar-refractivity contribution in [2.24, 2.45) is 5.73 Å². The zero-order chi connectivity index (χ0) is 10.8. The molecule has 1 aromatic rings. The van der Waals surface area contributed by atoms with Gasteiger partial charge in [0.25, 0.3) is 5.91 Å². The minimum atomic E-state index is 0.0369. The molecule has 5 nitrogen and oxygen atoms in total. The highest BCUT2D eigenvalue weighted by Gasteiger charge is 2.27. The number of carbonyl (C=O) groups excluding carboxylic acids is 1. The summed E-state index contributed by atoms with van der Waals surface area (Å²) >= 11 is 1.18. The SMILES string of the molecule is CCc1nnsc1C(=O)N1CC[C@@H](N)C1. The second-order valence-electron chi connectivity index (χ2n) is 3.70. The lowest BCUT2D eigenvalue weighted by atomic mass is 10.3. The Morgan fingerprint density at radius 1 is 1.73 bits per heavy atom. The average Bonchev–Trinajstić information content (AvgIpc) is 2.84. The van der Waals surface area contributed by atoms with Gasteiger partial charge in [0.2, 0.25) is 0 Å². The fraction of sp³-hybridized carbons (Fsp3) is 0.667. The van der Waals surface area contributed by atoms with Gasteiger partial charge in [0.15, 0.2) is 0 Å². The average molecular weight is 226 g/mol. The molecular formula is C9H14N4OS. The lowest BCUT2D eigenvalue weighted by Crippen LogP contribution is -2.31. The smallest absolute Gasteiger partial charge is 0.267 e.